The molecule has 0 unspecified atom stereocenters. The fourth-order valence-electron chi connectivity index (χ4n) is 5.11. The van der Waals surface area contributed by atoms with E-state index in [1.165, 1.54) is 128 Å². The third kappa shape index (κ3) is 48.5. The van der Waals surface area contributed by atoms with Crippen LogP contribution in [0.1, 0.15) is 206 Å². The fourth-order valence-corrected chi connectivity index (χ4v) is 5.11. The maximum absolute atomic E-state index is 10.2. The topological polar surface area (TPSA) is 124 Å². The first-order valence-corrected chi connectivity index (χ1v) is 19.3. The Kier molecular flexibility index (Phi) is 45.3. The molecule has 0 aromatic carbocycles. The molecule has 0 bridgehead atoms. The van der Waals surface area contributed by atoms with Crippen molar-refractivity contribution in [3.05, 3.63) is 24.3 Å². The molecule has 1 rings (SSSR count). The summed E-state index contributed by atoms with van der Waals surface area (Å²) in [5.41, 5.74) is 0. The molecular formula is C40H70CuO7. The van der Waals surface area contributed by atoms with Crippen LogP contribution < -0.4 is 10.2 Å². The van der Waals surface area contributed by atoms with Gasteiger partial charge in [0.25, 0.3) is 0 Å². The van der Waals surface area contributed by atoms with Gasteiger partial charge in [-0.15, -0.1) is 0 Å². The molecule has 0 N–H and O–H groups in total. The zero-order valence-corrected chi connectivity index (χ0v) is 31.6. The van der Waals surface area contributed by atoms with Crippen molar-refractivity contribution in [1.29, 1.82) is 0 Å². The standard InChI is InChI=1S/2C18H34O2.C4H4O3.Cu/c2*1-2-3-4-5-6-7-8-9-10-11-12-13-14-15-16-17-18(19)20;5-3-1-2-4(6)7-3;/h2*9-10H,2-8,11-17H2,1H3,(H,19,20);1-2H2;/q;;;+2/p-2/b2*10-9-;;. The Balaban J connectivity index is -0.000000688. The third-order valence-corrected chi connectivity index (χ3v) is 8.05. The average molecular weight is 727 g/mol. The van der Waals surface area contributed by atoms with E-state index in [0.717, 1.165) is 38.5 Å². The second kappa shape index (κ2) is 43.1. The van der Waals surface area contributed by atoms with Crippen molar-refractivity contribution in [3.63, 3.8) is 0 Å². The molecule has 1 radical (unpaired) electrons. The van der Waals surface area contributed by atoms with Crippen LogP contribution in [0.4, 0.5) is 0 Å². The van der Waals surface area contributed by atoms with E-state index in [4.69, 9.17) is 0 Å². The third-order valence-electron chi connectivity index (χ3n) is 8.05. The van der Waals surface area contributed by atoms with Crippen LogP contribution in [0.15, 0.2) is 24.3 Å². The van der Waals surface area contributed by atoms with Gasteiger partial charge in [-0.1, -0.05) is 141 Å². The van der Waals surface area contributed by atoms with Gasteiger partial charge in [-0.05, 0) is 77.0 Å². The molecule has 283 valence electrons. The molecule has 0 aromatic rings. The van der Waals surface area contributed by atoms with Crippen LogP contribution in [-0.2, 0) is 41.0 Å². The monoisotopic (exact) mass is 725 g/mol. The number of esters is 2. The Bertz CT molecular complexity index is 730. The van der Waals surface area contributed by atoms with Crippen molar-refractivity contribution in [2.75, 3.05) is 0 Å². The molecule has 0 amide bonds. The molecule has 0 spiro atoms. The van der Waals surface area contributed by atoms with Crippen LogP contribution in [0, 0.1) is 0 Å². The van der Waals surface area contributed by atoms with Crippen molar-refractivity contribution in [1.82, 2.24) is 0 Å². The number of hydrogen-bond acceptors (Lipinski definition) is 7. The van der Waals surface area contributed by atoms with Gasteiger partial charge in [0.2, 0.25) is 0 Å². The Morgan fingerprint density at radius 3 is 0.958 bits per heavy atom. The zero-order chi connectivity index (χ0) is 35.1. The first-order chi connectivity index (χ1) is 22.8. The number of carboxylic acid groups (broad SMARTS) is 2. The molecular weight excluding hydrogens is 656 g/mol. The van der Waals surface area contributed by atoms with Gasteiger partial charge >= 0.3 is 29.0 Å². The molecule has 1 aliphatic rings. The number of carbonyl (C=O) groups excluding carboxylic acids is 4. The molecule has 8 heteroatoms. The molecule has 0 aromatic heterocycles. The van der Waals surface area contributed by atoms with E-state index in [9.17, 15) is 29.4 Å². The maximum atomic E-state index is 10.2. The molecule has 0 atom stereocenters. The minimum absolute atomic E-state index is 0. The minimum Gasteiger partial charge on any atom is -0.550 e. The Hall–Kier alpha value is -1.92. The number of carbonyl (C=O) groups is 4. The summed E-state index contributed by atoms with van der Waals surface area (Å²) in [7, 11) is 0. The largest absolute Gasteiger partial charge is 2.00 e. The second-order valence-corrected chi connectivity index (χ2v) is 12.8. The predicted octanol–water partition coefficient (Wildman–Crippen LogP) is 9.40. The Morgan fingerprint density at radius 2 is 0.729 bits per heavy atom. The molecule has 0 aliphatic carbocycles. The van der Waals surface area contributed by atoms with E-state index >= 15 is 0 Å². The first-order valence-electron chi connectivity index (χ1n) is 19.3. The number of rotatable bonds is 30. The van der Waals surface area contributed by atoms with E-state index in [2.05, 4.69) is 42.9 Å². The number of carboxylic acids is 2. The SMILES string of the molecule is CCCCCCCC/C=C\CCCCCCCC(=O)[O-].CCCCCCCC/C=C\CCCCCCCC(=O)[O-].O=C1CCC(=O)O1.[Cu+2]. The van der Waals surface area contributed by atoms with E-state index in [1.807, 2.05) is 0 Å². The summed E-state index contributed by atoms with van der Waals surface area (Å²) in [4.78, 5) is 40.4. The van der Waals surface area contributed by atoms with Crippen LogP contribution >= 0.6 is 0 Å². The van der Waals surface area contributed by atoms with E-state index in [-0.39, 0.29) is 42.8 Å². The van der Waals surface area contributed by atoms with Crippen molar-refractivity contribution >= 4 is 23.9 Å². The number of aliphatic carboxylic acids is 2. The summed E-state index contributed by atoms with van der Waals surface area (Å²) in [6.07, 6.45) is 42.3. The van der Waals surface area contributed by atoms with E-state index < -0.39 is 23.9 Å². The summed E-state index contributed by atoms with van der Waals surface area (Å²) in [6.45, 7) is 4.51. The van der Waals surface area contributed by atoms with Crippen LogP contribution in [0.3, 0.4) is 0 Å². The van der Waals surface area contributed by atoms with Crippen LogP contribution in [-0.4, -0.2) is 23.9 Å². The predicted molar refractivity (Wildman–Crippen MR) is 189 cm³/mol. The molecule has 7 nitrogen and oxygen atoms in total. The first kappa shape index (κ1) is 50.5. The Labute approximate surface area is 305 Å². The van der Waals surface area contributed by atoms with Crippen molar-refractivity contribution in [2.24, 2.45) is 0 Å². The van der Waals surface area contributed by atoms with Crippen molar-refractivity contribution in [3.8, 4) is 0 Å². The van der Waals surface area contributed by atoms with Gasteiger partial charge in [0.1, 0.15) is 0 Å². The van der Waals surface area contributed by atoms with Crippen LogP contribution in [0.2, 0.25) is 0 Å². The Morgan fingerprint density at radius 1 is 0.479 bits per heavy atom. The number of allylic oxidation sites excluding steroid dienone is 4. The van der Waals surface area contributed by atoms with E-state index in [0.29, 0.717) is 0 Å². The molecule has 0 saturated carbocycles. The summed E-state index contributed by atoms with van der Waals surface area (Å²) in [5, 5.41) is 20.4. The zero-order valence-electron chi connectivity index (χ0n) is 30.7. The van der Waals surface area contributed by atoms with Gasteiger partial charge in [-0.3, -0.25) is 9.59 Å². The minimum atomic E-state index is -0.914. The van der Waals surface area contributed by atoms with Crippen LogP contribution in [0.5, 0.6) is 0 Å². The van der Waals surface area contributed by atoms with Gasteiger partial charge in [-0.2, -0.15) is 0 Å². The number of hydrogen-bond donors (Lipinski definition) is 0. The number of ether oxygens (including phenoxy) is 1. The van der Waals surface area contributed by atoms with Crippen molar-refractivity contribution < 1.29 is 51.2 Å². The summed E-state index contributed by atoms with van der Waals surface area (Å²) >= 11 is 0. The molecule has 1 heterocycles. The van der Waals surface area contributed by atoms with Gasteiger partial charge in [0, 0.05) is 11.9 Å². The fraction of sp³-hybridized carbons (Fsp3) is 0.800. The summed E-state index contributed by atoms with van der Waals surface area (Å²) in [5.74, 6) is -2.62. The van der Waals surface area contributed by atoms with Gasteiger partial charge in [0.15, 0.2) is 0 Å². The maximum Gasteiger partial charge on any atom is 2.00 e. The molecule has 1 aliphatic heterocycles. The molecule has 48 heavy (non-hydrogen) atoms. The average Bonchev–Trinajstić information content (AvgIpc) is 3.43. The van der Waals surface area contributed by atoms with Crippen LogP contribution in [0.25, 0.3) is 0 Å². The number of cyclic esters (lactones) is 2. The normalized spacial score (nSPS) is 12.3. The summed E-state index contributed by atoms with van der Waals surface area (Å²) in [6, 6.07) is 0. The van der Waals surface area contributed by atoms with Gasteiger partial charge < -0.3 is 24.5 Å². The van der Waals surface area contributed by atoms with E-state index in [1.54, 1.807) is 0 Å². The molecule has 1 fully saturated rings. The van der Waals surface area contributed by atoms with Crippen molar-refractivity contribution in [2.45, 2.75) is 206 Å². The number of unbranched alkanes of at least 4 members (excludes halogenated alkanes) is 22. The smallest absolute Gasteiger partial charge is 0.550 e. The second-order valence-electron chi connectivity index (χ2n) is 12.8. The van der Waals surface area contributed by atoms with Gasteiger partial charge in [-0.25, -0.2) is 0 Å². The molecule has 1 saturated heterocycles. The quantitative estimate of drug-likeness (QED) is 0.0238. The van der Waals surface area contributed by atoms with Gasteiger partial charge in [0.05, 0.1) is 12.8 Å². The summed E-state index contributed by atoms with van der Waals surface area (Å²) < 4.78 is 4.08.